The number of fused-ring (bicyclic) bond motifs is 1. The first-order valence-electron chi connectivity index (χ1n) is 8.48. The Bertz CT molecular complexity index is 912. The Labute approximate surface area is 175 Å². The van der Waals surface area contributed by atoms with Gasteiger partial charge in [-0.2, -0.15) is 0 Å². The fourth-order valence-corrected chi connectivity index (χ4v) is 3.26. The van der Waals surface area contributed by atoms with Gasteiger partial charge in [-0.15, -0.1) is 24.2 Å². The smallest absolute Gasteiger partial charge is 0.159 e. The van der Waals surface area contributed by atoms with Gasteiger partial charge in [-0.05, 0) is 67.7 Å². The number of thioether (sulfide) groups is 1. The Morgan fingerprint density at radius 3 is 2.56 bits per heavy atom. The third-order valence-corrected chi connectivity index (χ3v) is 5.42. The summed E-state index contributed by atoms with van der Waals surface area (Å²) in [5.74, 6) is 1.56. The molecule has 3 rings (SSSR count). The standard InChI is InChI=1S/C20H22N2O2S2.ClH/c1-12(20(23)25)10-14-4-6-15(7-5-14)24-13(2)19-21-17-9-8-16(26-3)11-18(17)22-19;/h4-9,11-13H,10H2,1-3H3,(H,21,22)(H,23,25);1H. The first-order chi connectivity index (χ1) is 12.5. The van der Waals surface area contributed by atoms with Crippen LogP contribution in [0.3, 0.4) is 0 Å². The molecule has 0 saturated carbocycles. The molecule has 0 bridgehead atoms. The summed E-state index contributed by atoms with van der Waals surface area (Å²) in [6.45, 7) is 3.90. The van der Waals surface area contributed by atoms with Crippen molar-refractivity contribution in [3.05, 3.63) is 53.9 Å². The van der Waals surface area contributed by atoms with Gasteiger partial charge >= 0.3 is 0 Å². The summed E-state index contributed by atoms with van der Waals surface area (Å²) in [6.07, 6.45) is 2.59. The molecule has 0 aliphatic heterocycles. The number of H-pyrrole nitrogens is 1. The van der Waals surface area contributed by atoms with Gasteiger partial charge in [0.25, 0.3) is 0 Å². The largest absolute Gasteiger partial charge is 0.502 e. The zero-order chi connectivity index (χ0) is 18.7. The Morgan fingerprint density at radius 1 is 1.22 bits per heavy atom. The van der Waals surface area contributed by atoms with Crippen molar-refractivity contribution in [1.29, 1.82) is 0 Å². The molecule has 2 atom stereocenters. The molecule has 3 aromatic rings. The second-order valence-corrected chi connectivity index (χ2v) is 7.65. The highest BCUT2D eigenvalue weighted by molar-refractivity contribution is 7.98. The third-order valence-electron chi connectivity index (χ3n) is 4.29. The molecule has 0 aliphatic rings. The van der Waals surface area contributed by atoms with Gasteiger partial charge < -0.3 is 14.8 Å². The monoisotopic (exact) mass is 422 g/mol. The van der Waals surface area contributed by atoms with Crippen LogP contribution in [0.15, 0.2) is 47.4 Å². The van der Waals surface area contributed by atoms with Crippen molar-refractivity contribution in [2.24, 2.45) is 5.92 Å². The third kappa shape index (κ3) is 5.37. The summed E-state index contributed by atoms with van der Waals surface area (Å²) in [5.41, 5.74) is 3.08. The Balaban J connectivity index is 0.00000261. The summed E-state index contributed by atoms with van der Waals surface area (Å²) < 4.78 is 6.02. The molecule has 2 unspecified atom stereocenters. The highest BCUT2D eigenvalue weighted by atomic mass is 35.5. The number of hydrogen-bond donors (Lipinski definition) is 2. The van der Waals surface area contributed by atoms with E-state index in [-0.39, 0.29) is 29.5 Å². The maximum absolute atomic E-state index is 9.37. The van der Waals surface area contributed by atoms with Crippen molar-refractivity contribution in [2.75, 3.05) is 6.26 Å². The van der Waals surface area contributed by atoms with Gasteiger partial charge in [0.2, 0.25) is 0 Å². The van der Waals surface area contributed by atoms with Crippen LogP contribution in [0.2, 0.25) is 0 Å². The zero-order valence-corrected chi connectivity index (χ0v) is 17.9. The minimum atomic E-state index is -0.185. The quantitative estimate of drug-likeness (QED) is 0.366. The van der Waals surface area contributed by atoms with E-state index in [9.17, 15) is 5.11 Å². The number of aromatic nitrogens is 2. The molecule has 2 N–H and O–H groups in total. The van der Waals surface area contributed by atoms with Gasteiger partial charge in [-0.25, -0.2) is 4.98 Å². The second kappa shape index (κ2) is 9.44. The molecule has 1 heterocycles. The Hall–Kier alpha value is -1.76. The SMILES string of the molecule is CSc1ccc2nc(C(C)Oc3ccc(CC(C)C(O)=S)cc3)[nH]c2c1.Cl. The van der Waals surface area contributed by atoms with Crippen LogP contribution in [-0.2, 0) is 6.42 Å². The van der Waals surface area contributed by atoms with E-state index in [0.717, 1.165) is 28.2 Å². The van der Waals surface area contributed by atoms with Crippen molar-refractivity contribution < 1.29 is 9.84 Å². The molecule has 2 aromatic carbocycles. The number of thiocarbonyl (C=S) groups is 1. The van der Waals surface area contributed by atoms with E-state index in [1.54, 1.807) is 11.8 Å². The lowest BCUT2D eigenvalue weighted by Gasteiger charge is -2.13. The fraction of sp³-hybridized carbons (Fsp3) is 0.300. The van der Waals surface area contributed by atoms with Crippen LogP contribution in [0.5, 0.6) is 5.75 Å². The van der Waals surface area contributed by atoms with Gasteiger partial charge in [0.05, 0.1) is 11.0 Å². The maximum Gasteiger partial charge on any atom is 0.159 e. The van der Waals surface area contributed by atoms with Crippen molar-refractivity contribution >= 4 is 52.5 Å². The highest BCUT2D eigenvalue weighted by Crippen LogP contribution is 2.25. The van der Waals surface area contributed by atoms with Crippen molar-refractivity contribution in [1.82, 2.24) is 9.97 Å². The molecule has 27 heavy (non-hydrogen) atoms. The number of rotatable bonds is 7. The van der Waals surface area contributed by atoms with Crippen molar-refractivity contribution in [2.45, 2.75) is 31.3 Å². The minimum Gasteiger partial charge on any atom is -0.502 e. The number of benzene rings is 2. The van der Waals surface area contributed by atoms with Crippen LogP contribution in [0.25, 0.3) is 11.0 Å². The lowest BCUT2D eigenvalue weighted by atomic mass is 10.0. The Morgan fingerprint density at radius 2 is 1.93 bits per heavy atom. The number of imidazole rings is 1. The molecule has 0 spiro atoms. The predicted molar refractivity (Wildman–Crippen MR) is 119 cm³/mol. The predicted octanol–water partition coefficient (Wildman–Crippen LogP) is 5.91. The summed E-state index contributed by atoms with van der Waals surface area (Å²) >= 11 is 6.52. The van der Waals surface area contributed by atoms with Gasteiger partial charge in [0, 0.05) is 10.8 Å². The molecular formula is C20H23ClN2O2S2. The molecule has 4 nitrogen and oxygen atoms in total. The van der Waals surface area contributed by atoms with E-state index in [4.69, 9.17) is 17.0 Å². The highest BCUT2D eigenvalue weighted by Gasteiger charge is 2.13. The Kier molecular flexibility index (Phi) is 7.53. The molecule has 0 saturated heterocycles. The van der Waals surface area contributed by atoms with Gasteiger partial charge in [-0.1, -0.05) is 19.1 Å². The van der Waals surface area contributed by atoms with Crippen LogP contribution < -0.4 is 4.74 Å². The number of ether oxygens (including phenoxy) is 1. The van der Waals surface area contributed by atoms with Crippen LogP contribution in [0.1, 0.15) is 31.3 Å². The van der Waals surface area contributed by atoms with E-state index >= 15 is 0 Å². The van der Waals surface area contributed by atoms with Crippen molar-refractivity contribution in [3.8, 4) is 5.75 Å². The van der Waals surface area contributed by atoms with E-state index in [0.29, 0.717) is 6.42 Å². The van der Waals surface area contributed by atoms with E-state index < -0.39 is 0 Å². The first-order valence-corrected chi connectivity index (χ1v) is 10.1. The lowest BCUT2D eigenvalue weighted by Crippen LogP contribution is -2.10. The number of aromatic amines is 1. The summed E-state index contributed by atoms with van der Waals surface area (Å²) in [4.78, 5) is 9.18. The van der Waals surface area contributed by atoms with Gasteiger partial charge in [-0.3, -0.25) is 0 Å². The van der Waals surface area contributed by atoms with Crippen molar-refractivity contribution in [3.63, 3.8) is 0 Å². The normalized spacial score (nSPS) is 13.0. The van der Waals surface area contributed by atoms with Crippen LogP contribution in [0.4, 0.5) is 0 Å². The van der Waals surface area contributed by atoms with Gasteiger partial charge in [0.1, 0.15) is 11.6 Å². The average Bonchev–Trinajstić information content (AvgIpc) is 3.06. The van der Waals surface area contributed by atoms with Crippen LogP contribution in [-0.4, -0.2) is 26.4 Å². The number of aliphatic hydroxyl groups excluding tert-OH is 1. The zero-order valence-electron chi connectivity index (χ0n) is 15.4. The number of halogens is 1. The summed E-state index contributed by atoms with van der Waals surface area (Å²) in [5, 5.41) is 9.42. The number of aliphatic hydroxyl groups is 1. The molecule has 0 aliphatic carbocycles. The van der Waals surface area contributed by atoms with Crippen LogP contribution >= 0.6 is 36.4 Å². The molecule has 0 amide bonds. The number of nitrogens with one attached hydrogen (secondary N) is 1. The van der Waals surface area contributed by atoms with E-state index in [2.05, 4.69) is 28.4 Å². The lowest BCUT2D eigenvalue weighted by molar-refractivity contribution is 0.218. The molecule has 7 heteroatoms. The molecule has 0 radical (unpaired) electrons. The first kappa shape index (κ1) is 21.5. The maximum atomic E-state index is 9.37. The minimum absolute atomic E-state index is 0. The topological polar surface area (TPSA) is 58.1 Å². The van der Waals surface area contributed by atoms with E-state index in [1.165, 1.54) is 4.90 Å². The number of nitrogens with zero attached hydrogens (tertiary/aromatic N) is 1. The molecule has 144 valence electrons. The molecule has 0 fully saturated rings. The number of hydrogen-bond acceptors (Lipinski definition) is 4. The summed E-state index contributed by atoms with van der Waals surface area (Å²) in [7, 11) is 0. The average molecular weight is 423 g/mol. The molecular weight excluding hydrogens is 400 g/mol. The summed E-state index contributed by atoms with van der Waals surface area (Å²) in [6, 6.07) is 14.1. The van der Waals surface area contributed by atoms with Gasteiger partial charge in [0.15, 0.2) is 11.2 Å². The fourth-order valence-electron chi connectivity index (χ4n) is 2.73. The molecule has 1 aromatic heterocycles. The van der Waals surface area contributed by atoms with E-state index in [1.807, 2.05) is 44.2 Å². The second-order valence-electron chi connectivity index (χ2n) is 6.35. The van der Waals surface area contributed by atoms with Crippen LogP contribution in [0, 0.1) is 5.92 Å².